The maximum atomic E-state index is 12.8. The highest BCUT2D eigenvalue weighted by molar-refractivity contribution is 5.29. The molecule has 0 radical (unpaired) electrons. The first kappa shape index (κ1) is 13.7. The zero-order valence-electron chi connectivity index (χ0n) is 11.5. The van der Waals surface area contributed by atoms with Gasteiger partial charge in [-0.3, -0.25) is 0 Å². The number of anilines is 1. The average Bonchev–Trinajstić information content (AvgIpc) is 2.98. The molecule has 1 saturated heterocycles. The molecule has 3 rings (SSSR count). The van der Waals surface area contributed by atoms with Crippen molar-refractivity contribution >= 4 is 5.95 Å². The predicted molar refractivity (Wildman–Crippen MR) is 73.5 cm³/mol. The van der Waals surface area contributed by atoms with Crippen molar-refractivity contribution in [2.45, 2.75) is 18.6 Å². The second kappa shape index (κ2) is 6.01. The van der Waals surface area contributed by atoms with Crippen molar-refractivity contribution in [2.75, 3.05) is 19.0 Å². The summed E-state index contributed by atoms with van der Waals surface area (Å²) in [6.45, 7) is 0.634. The Morgan fingerprint density at radius 3 is 2.71 bits per heavy atom. The molecular weight excluding hydrogens is 275 g/mol. The second-order valence-electron chi connectivity index (χ2n) is 4.69. The smallest absolute Gasteiger partial charge is 0.223 e. The number of aromatic nitrogens is 3. The molecule has 0 bridgehead atoms. The van der Waals surface area contributed by atoms with E-state index >= 15 is 0 Å². The largest absolute Gasteiger partial charge is 0.481 e. The van der Waals surface area contributed by atoms with Crippen LogP contribution in [0, 0.1) is 5.82 Å². The number of hydrogen-bond donors (Lipinski definition) is 1. The number of rotatable bonds is 4. The molecule has 0 spiro atoms. The van der Waals surface area contributed by atoms with E-state index in [0.29, 0.717) is 18.4 Å². The van der Waals surface area contributed by atoms with Gasteiger partial charge in [0.1, 0.15) is 6.10 Å². The molecule has 7 heteroatoms. The Kier molecular flexibility index (Phi) is 3.92. The van der Waals surface area contributed by atoms with Crippen molar-refractivity contribution < 1.29 is 13.9 Å². The molecule has 21 heavy (non-hydrogen) atoms. The van der Waals surface area contributed by atoms with Crippen molar-refractivity contribution in [1.82, 2.24) is 15.0 Å². The maximum absolute atomic E-state index is 12.8. The third kappa shape index (κ3) is 3.08. The third-order valence-corrected chi connectivity index (χ3v) is 3.32. The predicted octanol–water partition coefficient (Wildman–Crippen LogP) is 1.96. The van der Waals surface area contributed by atoms with Gasteiger partial charge in [0, 0.05) is 24.4 Å². The van der Waals surface area contributed by atoms with E-state index in [0.717, 1.165) is 24.4 Å². The first-order chi connectivity index (χ1) is 10.3. The number of methoxy groups -OCH3 is 1. The van der Waals surface area contributed by atoms with Gasteiger partial charge in [0.05, 0.1) is 25.5 Å². The highest BCUT2D eigenvalue weighted by Gasteiger charge is 2.30. The van der Waals surface area contributed by atoms with Gasteiger partial charge in [-0.15, -0.1) is 0 Å². The Morgan fingerprint density at radius 2 is 2.05 bits per heavy atom. The van der Waals surface area contributed by atoms with Crippen molar-refractivity contribution in [1.29, 1.82) is 0 Å². The fourth-order valence-electron chi connectivity index (χ4n) is 2.30. The van der Waals surface area contributed by atoms with Crippen LogP contribution < -0.4 is 10.1 Å². The average molecular weight is 290 g/mol. The molecule has 1 aliphatic heterocycles. The van der Waals surface area contributed by atoms with Gasteiger partial charge in [-0.05, 0) is 12.5 Å². The summed E-state index contributed by atoms with van der Waals surface area (Å²) >= 11 is 0. The van der Waals surface area contributed by atoms with E-state index in [9.17, 15) is 4.39 Å². The molecule has 0 saturated carbocycles. The topological polar surface area (TPSA) is 69.2 Å². The molecule has 6 nitrogen and oxygen atoms in total. The number of hydrogen-bond acceptors (Lipinski definition) is 6. The van der Waals surface area contributed by atoms with E-state index in [-0.39, 0.29) is 12.1 Å². The molecule has 0 aliphatic carbocycles. The molecule has 1 N–H and O–H groups in total. The summed E-state index contributed by atoms with van der Waals surface area (Å²) in [6.07, 6.45) is 4.67. The zero-order chi connectivity index (χ0) is 14.7. The molecule has 0 unspecified atom stereocenters. The van der Waals surface area contributed by atoms with Crippen molar-refractivity contribution in [3.05, 3.63) is 42.1 Å². The standard InChI is InChI=1S/C14H15FN4O2/c1-20-12-3-2-9(6-16-12)13-11(4-5-21-13)19-14-17-7-10(15)8-18-14/h2-3,6-8,11,13H,4-5H2,1H3,(H,17,18,19)/t11-,13+/m0/s1. The van der Waals surface area contributed by atoms with Crippen LogP contribution in [0.15, 0.2) is 30.7 Å². The summed E-state index contributed by atoms with van der Waals surface area (Å²) in [7, 11) is 1.57. The summed E-state index contributed by atoms with van der Waals surface area (Å²) in [4.78, 5) is 12.0. The minimum absolute atomic E-state index is 0.0191. The Labute approximate surface area is 121 Å². The van der Waals surface area contributed by atoms with Gasteiger partial charge in [0.15, 0.2) is 5.82 Å². The molecule has 110 valence electrons. The van der Waals surface area contributed by atoms with E-state index in [1.807, 2.05) is 6.07 Å². The van der Waals surface area contributed by atoms with Crippen molar-refractivity contribution in [3.8, 4) is 5.88 Å². The fraction of sp³-hybridized carbons (Fsp3) is 0.357. The van der Waals surface area contributed by atoms with Crippen LogP contribution in [0.5, 0.6) is 5.88 Å². The van der Waals surface area contributed by atoms with E-state index in [1.54, 1.807) is 19.4 Å². The molecule has 0 amide bonds. The number of nitrogens with zero attached hydrogens (tertiary/aromatic N) is 3. The molecule has 0 aromatic carbocycles. The fourth-order valence-corrected chi connectivity index (χ4v) is 2.30. The normalized spacial score (nSPS) is 21.2. The summed E-state index contributed by atoms with van der Waals surface area (Å²) in [5.41, 5.74) is 0.952. The van der Waals surface area contributed by atoms with Gasteiger partial charge in [-0.1, -0.05) is 0 Å². The molecule has 1 fully saturated rings. The van der Waals surface area contributed by atoms with Crippen LogP contribution in [-0.2, 0) is 4.74 Å². The van der Waals surface area contributed by atoms with E-state index in [4.69, 9.17) is 9.47 Å². The number of halogens is 1. The number of pyridine rings is 1. The first-order valence-electron chi connectivity index (χ1n) is 6.62. The Hall–Kier alpha value is -2.28. The Bertz CT molecular complexity index is 591. The lowest BCUT2D eigenvalue weighted by molar-refractivity contribution is 0.107. The van der Waals surface area contributed by atoms with E-state index < -0.39 is 5.82 Å². The monoisotopic (exact) mass is 290 g/mol. The zero-order valence-corrected chi connectivity index (χ0v) is 11.5. The van der Waals surface area contributed by atoms with E-state index in [1.165, 1.54) is 0 Å². The second-order valence-corrected chi connectivity index (χ2v) is 4.69. The van der Waals surface area contributed by atoms with Gasteiger partial charge in [0.2, 0.25) is 11.8 Å². The SMILES string of the molecule is COc1ccc([C@H]2OCC[C@@H]2Nc2ncc(F)cn2)cn1. The van der Waals surface area contributed by atoms with Gasteiger partial charge in [-0.25, -0.2) is 19.3 Å². The maximum Gasteiger partial charge on any atom is 0.223 e. The lowest BCUT2D eigenvalue weighted by Gasteiger charge is -2.19. The number of ether oxygens (including phenoxy) is 2. The number of nitrogens with one attached hydrogen (secondary N) is 1. The van der Waals surface area contributed by atoms with Crippen LogP contribution in [-0.4, -0.2) is 34.7 Å². The summed E-state index contributed by atoms with van der Waals surface area (Å²) in [6, 6.07) is 3.73. The van der Waals surface area contributed by atoms with Crippen LogP contribution in [0.4, 0.5) is 10.3 Å². The van der Waals surface area contributed by atoms with Gasteiger partial charge in [-0.2, -0.15) is 0 Å². The Balaban J connectivity index is 1.73. The highest BCUT2D eigenvalue weighted by Crippen LogP contribution is 2.31. The minimum atomic E-state index is -0.459. The molecule has 2 aromatic rings. The van der Waals surface area contributed by atoms with Crippen LogP contribution in [0.3, 0.4) is 0 Å². The molecular formula is C14H15FN4O2. The summed E-state index contributed by atoms with van der Waals surface area (Å²) < 4.78 is 23.6. The molecule has 2 atom stereocenters. The Morgan fingerprint density at radius 1 is 1.24 bits per heavy atom. The third-order valence-electron chi connectivity index (χ3n) is 3.32. The minimum Gasteiger partial charge on any atom is -0.481 e. The van der Waals surface area contributed by atoms with E-state index in [2.05, 4.69) is 20.3 Å². The molecule has 3 heterocycles. The van der Waals surface area contributed by atoms with Gasteiger partial charge in [0.25, 0.3) is 0 Å². The van der Waals surface area contributed by atoms with Crippen molar-refractivity contribution in [3.63, 3.8) is 0 Å². The first-order valence-corrected chi connectivity index (χ1v) is 6.62. The van der Waals surface area contributed by atoms with Crippen LogP contribution in [0.2, 0.25) is 0 Å². The summed E-state index contributed by atoms with van der Waals surface area (Å²) in [5.74, 6) is 0.487. The van der Waals surface area contributed by atoms with Crippen molar-refractivity contribution in [2.24, 2.45) is 0 Å². The van der Waals surface area contributed by atoms with Gasteiger partial charge >= 0.3 is 0 Å². The van der Waals surface area contributed by atoms with Crippen LogP contribution >= 0.6 is 0 Å². The lowest BCUT2D eigenvalue weighted by atomic mass is 10.0. The molecule has 1 aliphatic rings. The van der Waals surface area contributed by atoms with Gasteiger partial charge < -0.3 is 14.8 Å². The van der Waals surface area contributed by atoms with Crippen LogP contribution in [0.25, 0.3) is 0 Å². The summed E-state index contributed by atoms with van der Waals surface area (Å²) in [5, 5.41) is 3.17. The van der Waals surface area contributed by atoms with Crippen LogP contribution in [0.1, 0.15) is 18.1 Å². The molecule has 2 aromatic heterocycles. The quantitative estimate of drug-likeness (QED) is 0.928. The lowest BCUT2D eigenvalue weighted by Crippen LogP contribution is -2.24. The highest BCUT2D eigenvalue weighted by atomic mass is 19.1.